The predicted octanol–water partition coefficient (Wildman–Crippen LogP) is 4.58. The molecule has 0 bridgehead atoms. The summed E-state index contributed by atoms with van der Waals surface area (Å²) in [5, 5.41) is 26.8. The maximum atomic E-state index is 11.8. The highest BCUT2D eigenvalue weighted by Gasteiger charge is 2.33. The molecular weight excluding hydrogens is 300 g/mol. The number of carboxylic acids is 1. The number of fused-ring (bicyclic) bond motifs is 2. The molecule has 0 fully saturated rings. The lowest BCUT2D eigenvalue weighted by molar-refractivity contribution is -0.139. The molecule has 4 aromatic carbocycles. The molecule has 0 amide bonds. The van der Waals surface area contributed by atoms with Gasteiger partial charge in [0.2, 0.25) is 0 Å². The summed E-state index contributed by atoms with van der Waals surface area (Å²) in [7, 11) is 0. The number of hydrogen-bond acceptors (Lipinski definition) is 2. The molecule has 0 saturated carbocycles. The van der Waals surface area contributed by atoms with Crippen LogP contribution in [0.2, 0.25) is 0 Å². The van der Waals surface area contributed by atoms with Crippen LogP contribution in [-0.4, -0.2) is 16.2 Å². The van der Waals surface area contributed by atoms with Gasteiger partial charge in [0.15, 0.2) is 0 Å². The van der Waals surface area contributed by atoms with Crippen LogP contribution < -0.4 is 0 Å². The Kier molecular flexibility index (Phi) is 2.68. The van der Waals surface area contributed by atoms with Crippen molar-refractivity contribution in [3.05, 3.63) is 59.7 Å². The van der Waals surface area contributed by atoms with E-state index in [0.717, 1.165) is 38.1 Å². The summed E-state index contributed by atoms with van der Waals surface area (Å²) >= 11 is 0. The Morgan fingerprint density at radius 1 is 0.917 bits per heavy atom. The number of aliphatic hydroxyl groups excluding tert-OH is 1. The van der Waals surface area contributed by atoms with Crippen LogP contribution in [0.4, 0.5) is 0 Å². The Hall–Kier alpha value is -2.65. The average molecular weight is 316 g/mol. The summed E-state index contributed by atoms with van der Waals surface area (Å²) in [6, 6.07) is 16.5. The van der Waals surface area contributed by atoms with Gasteiger partial charge in [-0.1, -0.05) is 42.5 Å². The Balaban J connectivity index is 2.02. The van der Waals surface area contributed by atoms with E-state index in [2.05, 4.69) is 30.3 Å². The maximum Gasteiger partial charge on any atom is 0.311 e. The van der Waals surface area contributed by atoms with Crippen LogP contribution in [0, 0.1) is 0 Å². The van der Waals surface area contributed by atoms with Crippen LogP contribution in [0.3, 0.4) is 0 Å². The third-order valence-corrected chi connectivity index (χ3v) is 5.46. The van der Waals surface area contributed by atoms with Gasteiger partial charge in [0, 0.05) is 0 Å². The van der Waals surface area contributed by atoms with Gasteiger partial charge in [0.05, 0.1) is 12.0 Å². The van der Waals surface area contributed by atoms with E-state index in [1.807, 2.05) is 18.2 Å². The summed E-state index contributed by atoms with van der Waals surface area (Å²) in [6.07, 6.45) is 0.391. The summed E-state index contributed by atoms with van der Waals surface area (Å²) in [4.78, 5) is 11.8. The average Bonchev–Trinajstić information content (AvgIpc) is 2.59. The van der Waals surface area contributed by atoms with Gasteiger partial charge in [-0.2, -0.15) is 0 Å². The van der Waals surface area contributed by atoms with E-state index in [-0.39, 0.29) is 0 Å². The van der Waals surface area contributed by atoms with Crippen molar-refractivity contribution in [1.82, 2.24) is 0 Å². The molecule has 2 unspecified atom stereocenters. The highest BCUT2D eigenvalue weighted by Crippen LogP contribution is 2.45. The van der Waals surface area contributed by atoms with Crippen LogP contribution in [0.5, 0.6) is 0 Å². The van der Waals surface area contributed by atoms with Crippen molar-refractivity contribution in [2.24, 2.45) is 0 Å². The zero-order valence-electron chi connectivity index (χ0n) is 13.0. The molecule has 118 valence electrons. The molecule has 24 heavy (non-hydrogen) atoms. The molecule has 5 rings (SSSR count). The van der Waals surface area contributed by atoms with Crippen molar-refractivity contribution >= 4 is 38.3 Å². The molecule has 0 aliphatic heterocycles. The van der Waals surface area contributed by atoms with Gasteiger partial charge < -0.3 is 10.2 Å². The second kappa shape index (κ2) is 4.68. The Morgan fingerprint density at radius 2 is 1.62 bits per heavy atom. The van der Waals surface area contributed by atoms with Crippen LogP contribution >= 0.6 is 0 Å². The van der Waals surface area contributed by atoms with Crippen molar-refractivity contribution in [2.45, 2.75) is 24.9 Å². The van der Waals surface area contributed by atoms with Crippen molar-refractivity contribution in [3.8, 4) is 0 Å². The molecule has 1 aliphatic carbocycles. The van der Waals surface area contributed by atoms with Gasteiger partial charge >= 0.3 is 5.97 Å². The van der Waals surface area contributed by atoms with E-state index in [9.17, 15) is 15.0 Å². The lowest BCUT2D eigenvalue weighted by Gasteiger charge is -2.29. The van der Waals surface area contributed by atoms with E-state index in [0.29, 0.717) is 12.8 Å². The molecular formula is C21H16O3. The standard InChI is InChI=1S/C21H16O3/c22-17-9-8-15(21(23)24)20-14-7-6-12-3-1-2-11-4-5-13(10-16(17)20)19(14)18(11)12/h1-7,10,15,17,22H,8-9H2,(H,23,24). The number of hydrogen-bond donors (Lipinski definition) is 2. The first-order valence-corrected chi connectivity index (χ1v) is 8.26. The number of rotatable bonds is 1. The predicted molar refractivity (Wildman–Crippen MR) is 94.7 cm³/mol. The summed E-state index contributed by atoms with van der Waals surface area (Å²) < 4.78 is 0. The largest absolute Gasteiger partial charge is 0.481 e. The van der Waals surface area contributed by atoms with Crippen LogP contribution in [0.25, 0.3) is 32.3 Å². The van der Waals surface area contributed by atoms with Crippen LogP contribution in [-0.2, 0) is 4.79 Å². The Labute approximate surface area is 138 Å². The van der Waals surface area contributed by atoms with E-state index in [1.54, 1.807) is 0 Å². The molecule has 0 aromatic heterocycles. The minimum atomic E-state index is -0.807. The molecule has 0 saturated heterocycles. The minimum absolute atomic E-state index is 0.480. The zero-order chi connectivity index (χ0) is 16.4. The van der Waals surface area contributed by atoms with Gasteiger partial charge in [0.25, 0.3) is 0 Å². The fraction of sp³-hybridized carbons (Fsp3) is 0.190. The number of aliphatic carboxylic acids is 1. The molecule has 3 nitrogen and oxygen atoms in total. The molecule has 1 aliphatic rings. The van der Waals surface area contributed by atoms with Gasteiger partial charge in [-0.3, -0.25) is 4.79 Å². The zero-order valence-corrected chi connectivity index (χ0v) is 13.0. The molecule has 0 spiro atoms. The van der Waals surface area contributed by atoms with Crippen LogP contribution in [0.15, 0.2) is 48.5 Å². The van der Waals surface area contributed by atoms with Gasteiger partial charge in [-0.05, 0) is 62.4 Å². The lowest BCUT2D eigenvalue weighted by atomic mass is 9.77. The number of carbonyl (C=O) groups is 1. The maximum absolute atomic E-state index is 11.8. The quantitative estimate of drug-likeness (QED) is 0.505. The third-order valence-electron chi connectivity index (χ3n) is 5.46. The Morgan fingerprint density at radius 3 is 2.38 bits per heavy atom. The number of aliphatic hydroxyl groups is 1. The second-order valence-electron chi connectivity index (χ2n) is 6.72. The molecule has 2 N–H and O–H groups in total. The summed E-state index contributed by atoms with van der Waals surface area (Å²) in [5.41, 5.74) is 1.58. The molecule has 4 aromatic rings. The van der Waals surface area contributed by atoms with E-state index >= 15 is 0 Å². The lowest BCUT2D eigenvalue weighted by Crippen LogP contribution is -2.21. The minimum Gasteiger partial charge on any atom is -0.481 e. The van der Waals surface area contributed by atoms with Gasteiger partial charge in [-0.25, -0.2) is 0 Å². The summed E-state index contributed by atoms with van der Waals surface area (Å²) in [5.74, 6) is -1.36. The highest BCUT2D eigenvalue weighted by atomic mass is 16.4. The topological polar surface area (TPSA) is 57.5 Å². The van der Waals surface area contributed by atoms with Crippen molar-refractivity contribution < 1.29 is 15.0 Å². The molecule has 0 heterocycles. The molecule has 2 atom stereocenters. The normalized spacial score (nSPS) is 20.7. The fourth-order valence-corrected chi connectivity index (χ4v) is 4.39. The van der Waals surface area contributed by atoms with Crippen molar-refractivity contribution in [1.29, 1.82) is 0 Å². The van der Waals surface area contributed by atoms with E-state index in [4.69, 9.17) is 0 Å². The first kappa shape index (κ1) is 13.8. The van der Waals surface area contributed by atoms with Crippen LogP contribution in [0.1, 0.15) is 36.0 Å². The molecule has 3 heteroatoms. The Bertz CT molecular complexity index is 1100. The molecule has 0 radical (unpaired) electrons. The highest BCUT2D eigenvalue weighted by molar-refractivity contribution is 6.24. The van der Waals surface area contributed by atoms with Crippen molar-refractivity contribution in [2.75, 3.05) is 0 Å². The fourth-order valence-electron chi connectivity index (χ4n) is 4.39. The second-order valence-corrected chi connectivity index (χ2v) is 6.72. The van der Waals surface area contributed by atoms with E-state index < -0.39 is 18.0 Å². The smallest absolute Gasteiger partial charge is 0.311 e. The third kappa shape index (κ3) is 1.68. The van der Waals surface area contributed by atoms with Gasteiger partial charge in [-0.15, -0.1) is 0 Å². The van der Waals surface area contributed by atoms with Gasteiger partial charge in [0.1, 0.15) is 0 Å². The van der Waals surface area contributed by atoms with Crippen molar-refractivity contribution in [3.63, 3.8) is 0 Å². The number of carboxylic acid groups (broad SMARTS) is 1. The monoisotopic (exact) mass is 316 g/mol. The SMILES string of the molecule is O=C(O)C1CCC(O)c2cc3ccc4cccc5ccc(c21)c3c45. The number of benzene rings is 4. The summed E-state index contributed by atoms with van der Waals surface area (Å²) in [6.45, 7) is 0. The first-order valence-electron chi connectivity index (χ1n) is 8.26. The van der Waals surface area contributed by atoms with E-state index in [1.165, 1.54) is 5.39 Å². The first-order chi connectivity index (χ1) is 11.6.